The molecule has 6 nitrogen and oxygen atoms in total. The van der Waals surface area contributed by atoms with Gasteiger partial charge in [-0.1, -0.05) is 60.7 Å². The lowest BCUT2D eigenvalue weighted by Gasteiger charge is -2.33. The van der Waals surface area contributed by atoms with Crippen molar-refractivity contribution in [1.82, 2.24) is 9.78 Å². The summed E-state index contributed by atoms with van der Waals surface area (Å²) in [5, 5.41) is 4.46. The van der Waals surface area contributed by atoms with E-state index in [-0.39, 0.29) is 24.9 Å². The average Bonchev–Trinajstić information content (AvgIpc) is 3.34. The number of aromatic nitrogens is 2. The van der Waals surface area contributed by atoms with Gasteiger partial charge < -0.3 is 9.64 Å². The molecule has 1 amide bonds. The van der Waals surface area contributed by atoms with Crippen LogP contribution < -0.4 is 4.90 Å². The summed E-state index contributed by atoms with van der Waals surface area (Å²) in [6.07, 6.45) is -2.92. The number of fused-ring (bicyclic) bond motifs is 1. The van der Waals surface area contributed by atoms with Gasteiger partial charge in [0.1, 0.15) is 5.69 Å². The van der Waals surface area contributed by atoms with Gasteiger partial charge in [-0.2, -0.15) is 18.3 Å². The number of hydrogen-bond donors (Lipinski definition) is 0. The van der Waals surface area contributed by atoms with E-state index in [4.69, 9.17) is 9.73 Å². The van der Waals surface area contributed by atoms with E-state index < -0.39 is 17.6 Å². The van der Waals surface area contributed by atoms with Crippen molar-refractivity contribution in [2.75, 3.05) is 25.2 Å². The van der Waals surface area contributed by atoms with Crippen LogP contribution >= 0.6 is 0 Å². The number of anilines is 1. The molecule has 0 fully saturated rings. The minimum Gasteiger partial charge on any atom is -0.382 e. The van der Waals surface area contributed by atoms with Crippen LogP contribution in [0.4, 0.5) is 24.5 Å². The molecule has 188 valence electrons. The highest BCUT2D eigenvalue weighted by molar-refractivity contribution is 6.15. The largest absolute Gasteiger partial charge is 0.416 e. The number of aliphatic imine (C=N–C) groups is 1. The molecule has 0 spiro atoms. The number of methoxy groups -OCH3 is 1. The Bertz CT molecular complexity index is 1370. The number of amides is 1. The molecule has 2 heterocycles. The van der Waals surface area contributed by atoms with E-state index in [1.54, 1.807) is 11.8 Å². The van der Waals surface area contributed by atoms with Crippen LogP contribution in [0.2, 0.25) is 0 Å². The third kappa shape index (κ3) is 4.90. The summed E-state index contributed by atoms with van der Waals surface area (Å²) in [4.78, 5) is 20.1. The lowest BCUT2D eigenvalue weighted by atomic mass is 10.0. The average molecular weight is 505 g/mol. The summed E-state index contributed by atoms with van der Waals surface area (Å²) in [6.45, 7) is 0.451. The number of carbonyl (C=O) groups is 1. The number of nitrogens with zero attached hydrogens (tertiary/aromatic N) is 4. The standard InChI is InChI=1S/C28H23F3N4O2/c1-37-18-23-17-34(22-14-12-21(13-15-22)28(29,30)31)27(36)26-24(16-32-35(23)26)33-25(19-8-4-2-5-9-19)20-10-6-3-7-11-20/h2-16,23H,17-18H2,1H3. The van der Waals surface area contributed by atoms with Crippen LogP contribution in [-0.4, -0.2) is 41.7 Å². The molecule has 0 saturated heterocycles. The smallest absolute Gasteiger partial charge is 0.382 e. The fourth-order valence-corrected chi connectivity index (χ4v) is 4.40. The van der Waals surface area contributed by atoms with Gasteiger partial charge in [-0.15, -0.1) is 0 Å². The first-order valence-electron chi connectivity index (χ1n) is 11.6. The maximum Gasteiger partial charge on any atom is 0.416 e. The van der Waals surface area contributed by atoms with E-state index in [9.17, 15) is 18.0 Å². The predicted molar refractivity (Wildman–Crippen MR) is 134 cm³/mol. The van der Waals surface area contributed by atoms with Crippen LogP contribution in [0, 0.1) is 0 Å². The molecule has 1 aromatic heterocycles. The molecule has 4 aromatic rings. The Morgan fingerprint density at radius 3 is 2.11 bits per heavy atom. The minimum atomic E-state index is -4.46. The van der Waals surface area contributed by atoms with Crippen molar-refractivity contribution in [3.05, 3.63) is 114 Å². The number of ether oxygens (including phenoxy) is 1. The van der Waals surface area contributed by atoms with E-state index in [2.05, 4.69) is 5.10 Å². The van der Waals surface area contributed by atoms with Gasteiger partial charge in [-0.3, -0.25) is 9.48 Å². The summed E-state index contributed by atoms with van der Waals surface area (Å²) >= 11 is 0. The van der Waals surface area contributed by atoms with Gasteiger partial charge in [-0.25, -0.2) is 4.99 Å². The Hall–Kier alpha value is -4.24. The van der Waals surface area contributed by atoms with Gasteiger partial charge in [0, 0.05) is 23.9 Å². The molecule has 1 aliphatic rings. The first kappa shape index (κ1) is 24.5. The maximum atomic E-state index is 13.7. The molecule has 0 bridgehead atoms. The fourth-order valence-electron chi connectivity index (χ4n) is 4.40. The van der Waals surface area contributed by atoms with Crippen molar-refractivity contribution in [2.45, 2.75) is 12.2 Å². The van der Waals surface area contributed by atoms with Gasteiger partial charge in [0.05, 0.1) is 36.7 Å². The van der Waals surface area contributed by atoms with Crippen molar-refractivity contribution in [3.63, 3.8) is 0 Å². The number of benzene rings is 3. The van der Waals surface area contributed by atoms with Gasteiger partial charge >= 0.3 is 6.18 Å². The fraction of sp³-hybridized carbons (Fsp3) is 0.179. The third-order valence-corrected chi connectivity index (χ3v) is 6.16. The zero-order chi connectivity index (χ0) is 26.0. The zero-order valence-electron chi connectivity index (χ0n) is 19.9. The quantitative estimate of drug-likeness (QED) is 0.307. The molecule has 3 aromatic carbocycles. The third-order valence-electron chi connectivity index (χ3n) is 6.16. The zero-order valence-corrected chi connectivity index (χ0v) is 19.9. The molecule has 5 rings (SSSR count). The van der Waals surface area contributed by atoms with E-state index in [1.807, 2.05) is 60.7 Å². The molecule has 1 unspecified atom stereocenters. The van der Waals surface area contributed by atoms with Crippen molar-refractivity contribution in [3.8, 4) is 0 Å². The van der Waals surface area contributed by atoms with Crippen LogP contribution in [0.1, 0.15) is 33.2 Å². The molecule has 9 heteroatoms. The maximum absolute atomic E-state index is 13.7. The highest BCUT2D eigenvalue weighted by atomic mass is 19.4. The SMILES string of the molecule is COCC1CN(c2ccc(C(F)(F)F)cc2)C(=O)c2c(N=C(c3ccccc3)c3ccccc3)cnn21. The number of carbonyl (C=O) groups excluding carboxylic acids is 1. The highest BCUT2D eigenvalue weighted by Gasteiger charge is 2.36. The Morgan fingerprint density at radius 2 is 1.57 bits per heavy atom. The first-order chi connectivity index (χ1) is 17.9. The Morgan fingerprint density at radius 1 is 0.973 bits per heavy atom. The molecule has 0 N–H and O–H groups in total. The van der Waals surface area contributed by atoms with E-state index >= 15 is 0 Å². The number of alkyl halides is 3. The minimum absolute atomic E-state index is 0.195. The molecule has 37 heavy (non-hydrogen) atoms. The van der Waals surface area contributed by atoms with Crippen LogP contribution in [0.25, 0.3) is 0 Å². The monoisotopic (exact) mass is 504 g/mol. The number of hydrogen-bond acceptors (Lipinski definition) is 4. The van der Waals surface area contributed by atoms with Gasteiger partial charge in [-0.05, 0) is 24.3 Å². The second kappa shape index (κ2) is 10.0. The van der Waals surface area contributed by atoms with Gasteiger partial charge in [0.15, 0.2) is 5.69 Å². The summed E-state index contributed by atoms with van der Waals surface area (Å²) in [5.41, 5.74) is 2.59. The van der Waals surface area contributed by atoms with Crippen molar-refractivity contribution in [1.29, 1.82) is 0 Å². The summed E-state index contributed by atoms with van der Waals surface area (Å²) in [6, 6.07) is 23.4. The lowest BCUT2D eigenvalue weighted by Crippen LogP contribution is -2.44. The normalized spacial score (nSPS) is 15.4. The molecule has 0 radical (unpaired) electrons. The van der Waals surface area contributed by atoms with Crippen molar-refractivity contribution < 1.29 is 22.7 Å². The molecule has 1 aliphatic heterocycles. The van der Waals surface area contributed by atoms with Crippen LogP contribution in [0.15, 0.2) is 96.1 Å². The lowest BCUT2D eigenvalue weighted by molar-refractivity contribution is -0.137. The Labute approximate surface area is 211 Å². The second-order valence-corrected chi connectivity index (χ2v) is 8.59. The van der Waals surface area contributed by atoms with Crippen LogP contribution in [0.5, 0.6) is 0 Å². The van der Waals surface area contributed by atoms with Crippen molar-refractivity contribution in [2.24, 2.45) is 4.99 Å². The topological polar surface area (TPSA) is 59.7 Å². The molecule has 0 aliphatic carbocycles. The predicted octanol–water partition coefficient (Wildman–Crippen LogP) is 5.92. The number of halogens is 3. The summed E-state index contributed by atoms with van der Waals surface area (Å²) in [5.74, 6) is -0.399. The van der Waals surface area contributed by atoms with Crippen LogP contribution in [-0.2, 0) is 10.9 Å². The molecule has 1 atom stereocenters. The van der Waals surface area contributed by atoms with E-state index in [1.165, 1.54) is 23.2 Å². The number of rotatable bonds is 6. The summed E-state index contributed by atoms with van der Waals surface area (Å²) < 4.78 is 46.2. The van der Waals surface area contributed by atoms with Crippen molar-refractivity contribution >= 4 is 23.0 Å². The molecular weight excluding hydrogens is 481 g/mol. The van der Waals surface area contributed by atoms with E-state index in [0.29, 0.717) is 17.1 Å². The summed E-state index contributed by atoms with van der Waals surface area (Å²) in [7, 11) is 1.55. The Kier molecular flexibility index (Phi) is 6.62. The Balaban J connectivity index is 1.60. The molecular formula is C28H23F3N4O2. The van der Waals surface area contributed by atoms with Gasteiger partial charge in [0.2, 0.25) is 0 Å². The van der Waals surface area contributed by atoms with Gasteiger partial charge in [0.25, 0.3) is 5.91 Å². The highest BCUT2D eigenvalue weighted by Crippen LogP contribution is 2.35. The van der Waals surface area contributed by atoms with Crippen LogP contribution in [0.3, 0.4) is 0 Å². The first-order valence-corrected chi connectivity index (χ1v) is 11.6. The van der Waals surface area contributed by atoms with E-state index in [0.717, 1.165) is 23.3 Å². The molecule has 0 saturated carbocycles. The second-order valence-electron chi connectivity index (χ2n) is 8.59.